The number of methoxy groups -OCH3 is 1. The van der Waals surface area contributed by atoms with E-state index in [2.05, 4.69) is 10.1 Å². The van der Waals surface area contributed by atoms with Gasteiger partial charge in [0.25, 0.3) is 0 Å². The van der Waals surface area contributed by atoms with Crippen LogP contribution in [0, 0.1) is 17.6 Å². The Morgan fingerprint density at radius 1 is 1.40 bits per heavy atom. The fraction of sp³-hybridized carbons (Fsp3) is 0.500. The van der Waals surface area contributed by atoms with Crippen molar-refractivity contribution in [3.63, 3.8) is 0 Å². The second-order valence-corrected chi connectivity index (χ2v) is 4.83. The summed E-state index contributed by atoms with van der Waals surface area (Å²) in [5, 5.41) is 12.7. The molecule has 0 spiro atoms. The summed E-state index contributed by atoms with van der Waals surface area (Å²) in [6.45, 7) is 3.53. The second kappa shape index (κ2) is 7.31. The number of hydrogen-bond donors (Lipinski definition) is 2. The fourth-order valence-corrected chi connectivity index (χ4v) is 1.84. The highest BCUT2D eigenvalue weighted by molar-refractivity contribution is 5.75. The quantitative estimate of drug-likeness (QED) is 0.783. The van der Waals surface area contributed by atoms with Gasteiger partial charge >= 0.3 is 5.97 Å². The summed E-state index contributed by atoms with van der Waals surface area (Å²) in [4.78, 5) is 11.5. The van der Waals surface area contributed by atoms with Gasteiger partial charge in [-0.15, -0.1) is 0 Å². The van der Waals surface area contributed by atoms with Crippen LogP contribution in [0.3, 0.4) is 0 Å². The minimum Gasteiger partial charge on any atom is -0.468 e. The zero-order valence-corrected chi connectivity index (χ0v) is 11.7. The molecule has 20 heavy (non-hydrogen) atoms. The van der Waals surface area contributed by atoms with Gasteiger partial charge in [0.15, 0.2) is 0 Å². The molecule has 2 N–H and O–H groups in total. The summed E-state index contributed by atoms with van der Waals surface area (Å²) < 4.78 is 31.2. The largest absolute Gasteiger partial charge is 0.468 e. The maximum Gasteiger partial charge on any atom is 0.323 e. The Balaban J connectivity index is 2.72. The first-order valence-corrected chi connectivity index (χ1v) is 6.31. The van der Waals surface area contributed by atoms with Crippen molar-refractivity contribution in [3.05, 3.63) is 35.4 Å². The van der Waals surface area contributed by atoms with E-state index in [1.165, 1.54) is 7.11 Å². The Hall–Kier alpha value is -1.53. The first kappa shape index (κ1) is 16.5. The van der Waals surface area contributed by atoms with E-state index < -0.39 is 29.7 Å². The average molecular weight is 287 g/mol. The second-order valence-electron chi connectivity index (χ2n) is 4.83. The molecule has 2 atom stereocenters. The molecule has 0 heterocycles. The highest BCUT2D eigenvalue weighted by atomic mass is 19.1. The van der Waals surface area contributed by atoms with Crippen LogP contribution in [0.4, 0.5) is 8.78 Å². The maximum absolute atomic E-state index is 13.5. The Bertz CT molecular complexity index is 466. The number of nitrogens with one attached hydrogen (secondary N) is 1. The Kier molecular flexibility index (Phi) is 6.04. The van der Waals surface area contributed by atoms with Crippen LogP contribution in [0.5, 0.6) is 0 Å². The molecule has 0 aliphatic heterocycles. The maximum atomic E-state index is 13.5. The number of aliphatic hydroxyl groups excluding tert-OH is 1. The topological polar surface area (TPSA) is 58.6 Å². The SMILES string of the molecule is COC(=O)C(NCC(O)c1cc(F)ccc1F)C(C)C. The standard InChI is InChI=1S/C14H19F2NO3/c1-8(2)13(14(19)20-3)17-7-12(18)10-6-9(15)4-5-11(10)16/h4-6,8,12-13,17-18H,7H2,1-3H3. The van der Waals surface area contributed by atoms with E-state index in [0.29, 0.717) is 0 Å². The lowest BCUT2D eigenvalue weighted by atomic mass is 10.0. The van der Waals surface area contributed by atoms with Crippen LogP contribution in [-0.2, 0) is 9.53 Å². The first-order valence-electron chi connectivity index (χ1n) is 6.31. The highest BCUT2D eigenvalue weighted by Crippen LogP contribution is 2.18. The molecule has 4 nitrogen and oxygen atoms in total. The number of esters is 1. The van der Waals surface area contributed by atoms with Crippen LogP contribution in [0.25, 0.3) is 0 Å². The highest BCUT2D eigenvalue weighted by Gasteiger charge is 2.24. The van der Waals surface area contributed by atoms with Crippen molar-refractivity contribution in [1.82, 2.24) is 5.32 Å². The lowest BCUT2D eigenvalue weighted by molar-refractivity contribution is -0.144. The van der Waals surface area contributed by atoms with Crippen molar-refractivity contribution < 1.29 is 23.4 Å². The van der Waals surface area contributed by atoms with E-state index in [0.717, 1.165) is 18.2 Å². The smallest absolute Gasteiger partial charge is 0.323 e. The van der Waals surface area contributed by atoms with Crippen molar-refractivity contribution >= 4 is 5.97 Å². The van der Waals surface area contributed by atoms with E-state index in [9.17, 15) is 18.7 Å². The van der Waals surface area contributed by atoms with Gasteiger partial charge in [0, 0.05) is 12.1 Å². The van der Waals surface area contributed by atoms with E-state index >= 15 is 0 Å². The van der Waals surface area contributed by atoms with Crippen LogP contribution in [0.2, 0.25) is 0 Å². The Morgan fingerprint density at radius 3 is 2.60 bits per heavy atom. The number of ether oxygens (including phenoxy) is 1. The third-order valence-corrected chi connectivity index (χ3v) is 2.97. The summed E-state index contributed by atoms with van der Waals surface area (Å²) in [5.74, 6) is -1.85. The van der Waals surface area contributed by atoms with Crippen molar-refractivity contribution in [1.29, 1.82) is 0 Å². The van der Waals surface area contributed by atoms with Crippen LogP contribution >= 0.6 is 0 Å². The molecule has 0 bridgehead atoms. The van der Waals surface area contributed by atoms with Gasteiger partial charge in [-0.1, -0.05) is 13.8 Å². The number of halogens is 2. The van der Waals surface area contributed by atoms with Gasteiger partial charge in [0.2, 0.25) is 0 Å². The molecule has 2 unspecified atom stereocenters. The molecule has 0 aliphatic rings. The van der Waals surface area contributed by atoms with Crippen molar-refractivity contribution in [3.8, 4) is 0 Å². The molecule has 6 heteroatoms. The zero-order chi connectivity index (χ0) is 15.3. The molecular weight excluding hydrogens is 268 g/mol. The third-order valence-electron chi connectivity index (χ3n) is 2.97. The zero-order valence-electron chi connectivity index (χ0n) is 11.7. The van der Waals surface area contributed by atoms with E-state index in [-0.39, 0.29) is 18.0 Å². The number of carbonyl (C=O) groups is 1. The predicted molar refractivity (Wildman–Crippen MR) is 70.0 cm³/mol. The van der Waals surface area contributed by atoms with Gasteiger partial charge in [0.05, 0.1) is 13.2 Å². The molecule has 0 saturated carbocycles. The molecule has 0 amide bonds. The normalized spacial score (nSPS) is 14.2. The number of rotatable bonds is 6. The molecule has 1 aromatic rings. The predicted octanol–water partition coefficient (Wildman–Crippen LogP) is 1.79. The van der Waals surface area contributed by atoms with E-state index in [1.54, 1.807) is 0 Å². The number of benzene rings is 1. The minimum absolute atomic E-state index is 0.0630. The van der Waals surface area contributed by atoms with Crippen LogP contribution in [0.15, 0.2) is 18.2 Å². The van der Waals surface area contributed by atoms with Crippen LogP contribution < -0.4 is 5.32 Å². The molecule has 0 saturated heterocycles. The first-order chi connectivity index (χ1) is 9.36. The Labute approximate surface area is 116 Å². The van der Waals surface area contributed by atoms with Crippen molar-refractivity contribution in [2.45, 2.75) is 26.0 Å². The van der Waals surface area contributed by atoms with Gasteiger partial charge in [-0.3, -0.25) is 4.79 Å². The molecule has 0 fully saturated rings. The fourth-order valence-electron chi connectivity index (χ4n) is 1.84. The van der Waals surface area contributed by atoms with Crippen LogP contribution in [0.1, 0.15) is 25.5 Å². The van der Waals surface area contributed by atoms with Gasteiger partial charge in [-0.05, 0) is 24.1 Å². The van der Waals surface area contributed by atoms with Gasteiger partial charge in [-0.2, -0.15) is 0 Å². The van der Waals surface area contributed by atoms with Gasteiger partial charge < -0.3 is 15.2 Å². The van der Waals surface area contributed by atoms with E-state index in [4.69, 9.17) is 0 Å². The monoisotopic (exact) mass is 287 g/mol. The minimum atomic E-state index is -1.25. The number of hydrogen-bond acceptors (Lipinski definition) is 4. The summed E-state index contributed by atoms with van der Waals surface area (Å²) in [6, 6.07) is 2.24. The third kappa shape index (κ3) is 4.25. The van der Waals surface area contributed by atoms with Gasteiger partial charge in [-0.25, -0.2) is 8.78 Å². The summed E-state index contributed by atoms with van der Waals surface area (Å²) >= 11 is 0. The van der Waals surface area contributed by atoms with Crippen molar-refractivity contribution in [2.75, 3.05) is 13.7 Å². The number of aliphatic hydroxyl groups is 1. The number of carbonyl (C=O) groups excluding carboxylic acids is 1. The summed E-state index contributed by atoms with van der Waals surface area (Å²) in [5.41, 5.74) is -0.148. The molecule has 1 rings (SSSR count). The lowest BCUT2D eigenvalue weighted by Gasteiger charge is -2.22. The van der Waals surface area contributed by atoms with Gasteiger partial charge in [0.1, 0.15) is 17.7 Å². The summed E-state index contributed by atoms with van der Waals surface area (Å²) in [6.07, 6.45) is -1.25. The molecule has 0 radical (unpaired) electrons. The van der Waals surface area contributed by atoms with Crippen LogP contribution in [-0.4, -0.2) is 30.8 Å². The summed E-state index contributed by atoms with van der Waals surface area (Å²) in [7, 11) is 1.27. The van der Waals surface area contributed by atoms with E-state index in [1.807, 2.05) is 13.8 Å². The molecule has 1 aromatic carbocycles. The lowest BCUT2D eigenvalue weighted by Crippen LogP contribution is -2.43. The molecular formula is C14H19F2NO3. The van der Waals surface area contributed by atoms with Crippen molar-refractivity contribution in [2.24, 2.45) is 5.92 Å². The molecule has 0 aliphatic carbocycles. The molecule has 112 valence electrons. The Morgan fingerprint density at radius 2 is 2.05 bits per heavy atom. The molecule has 0 aromatic heterocycles. The average Bonchev–Trinajstić information content (AvgIpc) is 2.40.